The van der Waals surface area contributed by atoms with Crippen molar-refractivity contribution in [2.75, 3.05) is 23.8 Å². The van der Waals surface area contributed by atoms with Crippen LogP contribution in [-0.4, -0.2) is 25.9 Å². The number of sulfone groups is 1. The highest BCUT2D eigenvalue weighted by molar-refractivity contribution is 7.91. The number of rotatable bonds is 3. The van der Waals surface area contributed by atoms with Gasteiger partial charge in [0.05, 0.1) is 22.9 Å². The van der Waals surface area contributed by atoms with Crippen molar-refractivity contribution in [3.8, 4) is 0 Å². The van der Waals surface area contributed by atoms with Gasteiger partial charge in [0, 0.05) is 5.69 Å². The molecule has 0 radical (unpaired) electrons. The van der Waals surface area contributed by atoms with E-state index < -0.39 is 16.4 Å². The van der Waals surface area contributed by atoms with E-state index in [9.17, 15) is 8.42 Å². The molecule has 15 heavy (non-hydrogen) atoms. The molecule has 0 amide bonds. The quantitative estimate of drug-likeness (QED) is 0.630. The second-order valence-corrected chi connectivity index (χ2v) is 5.37. The van der Waals surface area contributed by atoms with Crippen molar-refractivity contribution >= 4 is 21.2 Å². The lowest BCUT2D eigenvalue weighted by atomic mass is 10.2. The molecule has 5 N–H and O–H groups in total. The van der Waals surface area contributed by atoms with Crippen molar-refractivity contribution in [2.24, 2.45) is 0 Å². The molecule has 1 aromatic rings. The zero-order chi connectivity index (χ0) is 11.6. The smallest absolute Gasteiger partial charge is 0.182 e. The molecule has 0 aromatic heterocycles. The molecule has 0 aliphatic carbocycles. The number of aryl methyl sites for hydroxylation is 1. The van der Waals surface area contributed by atoms with E-state index >= 15 is 0 Å². The number of nitrogen functional groups attached to an aromatic ring is 2. The molecule has 0 aliphatic rings. The van der Waals surface area contributed by atoms with Crippen molar-refractivity contribution in [3.05, 3.63) is 17.7 Å². The van der Waals surface area contributed by atoms with E-state index in [0.717, 1.165) is 0 Å². The van der Waals surface area contributed by atoms with Gasteiger partial charge in [-0.05, 0) is 24.6 Å². The van der Waals surface area contributed by atoms with Crippen LogP contribution in [0.2, 0.25) is 0 Å². The van der Waals surface area contributed by atoms with Crippen molar-refractivity contribution in [1.82, 2.24) is 0 Å². The highest BCUT2D eigenvalue weighted by Crippen LogP contribution is 2.25. The first-order chi connectivity index (χ1) is 6.88. The second-order valence-electron chi connectivity index (χ2n) is 3.29. The first-order valence-corrected chi connectivity index (χ1v) is 6.03. The summed E-state index contributed by atoms with van der Waals surface area (Å²) in [6.07, 6.45) is 0. The summed E-state index contributed by atoms with van der Waals surface area (Å²) in [6.45, 7) is 1.28. The summed E-state index contributed by atoms with van der Waals surface area (Å²) in [5.41, 5.74) is 12.4. The topological polar surface area (TPSA) is 106 Å². The van der Waals surface area contributed by atoms with Gasteiger partial charge in [0.2, 0.25) is 0 Å². The minimum Gasteiger partial charge on any atom is -0.398 e. The average molecular weight is 230 g/mol. The number of hydrogen-bond donors (Lipinski definition) is 3. The van der Waals surface area contributed by atoms with Crippen LogP contribution < -0.4 is 11.5 Å². The van der Waals surface area contributed by atoms with Crippen molar-refractivity contribution in [3.63, 3.8) is 0 Å². The van der Waals surface area contributed by atoms with Gasteiger partial charge in [0.1, 0.15) is 0 Å². The lowest BCUT2D eigenvalue weighted by Crippen LogP contribution is -2.13. The summed E-state index contributed by atoms with van der Waals surface area (Å²) in [5, 5.41) is 8.63. The van der Waals surface area contributed by atoms with E-state index in [1.807, 2.05) is 0 Å². The Morgan fingerprint density at radius 1 is 1.27 bits per heavy atom. The number of anilines is 2. The van der Waals surface area contributed by atoms with E-state index in [0.29, 0.717) is 11.3 Å². The molecule has 0 unspecified atom stereocenters. The van der Waals surface area contributed by atoms with E-state index in [2.05, 4.69) is 0 Å². The summed E-state index contributed by atoms with van der Waals surface area (Å²) < 4.78 is 23.3. The fourth-order valence-electron chi connectivity index (χ4n) is 1.22. The van der Waals surface area contributed by atoms with Crippen LogP contribution in [0.15, 0.2) is 17.0 Å². The van der Waals surface area contributed by atoms with Gasteiger partial charge in [-0.3, -0.25) is 0 Å². The van der Waals surface area contributed by atoms with Gasteiger partial charge in [-0.1, -0.05) is 0 Å². The summed E-state index contributed by atoms with van der Waals surface area (Å²) in [5.74, 6) is -0.333. The zero-order valence-electron chi connectivity index (χ0n) is 8.40. The predicted molar refractivity (Wildman–Crippen MR) is 59.1 cm³/mol. The third-order valence-corrected chi connectivity index (χ3v) is 3.84. The Balaban J connectivity index is 3.33. The van der Waals surface area contributed by atoms with Gasteiger partial charge in [0.15, 0.2) is 9.84 Å². The van der Waals surface area contributed by atoms with Gasteiger partial charge in [0.25, 0.3) is 0 Å². The second kappa shape index (κ2) is 4.08. The van der Waals surface area contributed by atoms with Gasteiger partial charge in [-0.25, -0.2) is 8.42 Å². The molecule has 0 bridgehead atoms. The van der Waals surface area contributed by atoms with Crippen LogP contribution >= 0.6 is 0 Å². The minimum absolute atomic E-state index is 0.0308. The number of hydrogen-bond acceptors (Lipinski definition) is 5. The Morgan fingerprint density at radius 2 is 1.87 bits per heavy atom. The number of benzene rings is 1. The van der Waals surface area contributed by atoms with Crippen molar-refractivity contribution < 1.29 is 13.5 Å². The number of aliphatic hydroxyl groups excluding tert-OH is 1. The molecule has 0 atom stereocenters. The largest absolute Gasteiger partial charge is 0.398 e. The monoisotopic (exact) mass is 230 g/mol. The molecular weight excluding hydrogens is 216 g/mol. The summed E-state index contributed by atoms with van der Waals surface area (Å²) >= 11 is 0. The predicted octanol–water partition coefficient (Wildman–Crippen LogP) is -0.0746. The lowest BCUT2D eigenvalue weighted by Gasteiger charge is -2.09. The van der Waals surface area contributed by atoms with E-state index in [-0.39, 0.29) is 16.3 Å². The number of nitrogens with two attached hydrogens (primary N) is 2. The summed E-state index contributed by atoms with van der Waals surface area (Å²) in [4.78, 5) is 0.0308. The Hall–Kier alpha value is -1.27. The van der Waals surface area contributed by atoms with Crippen LogP contribution in [0.4, 0.5) is 11.4 Å². The van der Waals surface area contributed by atoms with Crippen molar-refractivity contribution in [1.29, 1.82) is 0 Å². The Morgan fingerprint density at radius 3 is 2.40 bits per heavy atom. The fourth-order valence-corrected chi connectivity index (χ4v) is 2.45. The van der Waals surface area contributed by atoms with Crippen LogP contribution in [0.25, 0.3) is 0 Å². The van der Waals surface area contributed by atoms with E-state index in [1.54, 1.807) is 6.92 Å². The normalized spacial score (nSPS) is 11.6. The van der Waals surface area contributed by atoms with Crippen LogP contribution in [-0.2, 0) is 9.84 Å². The lowest BCUT2D eigenvalue weighted by molar-refractivity contribution is 0.319. The molecule has 84 valence electrons. The highest BCUT2D eigenvalue weighted by Gasteiger charge is 2.17. The third kappa shape index (κ3) is 2.40. The van der Waals surface area contributed by atoms with Crippen LogP contribution in [0.3, 0.4) is 0 Å². The zero-order valence-corrected chi connectivity index (χ0v) is 9.21. The molecular formula is C9H14N2O3S. The number of aliphatic hydroxyl groups is 1. The molecule has 0 saturated carbocycles. The molecule has 5 nitrogen and oxygen atoms in total. The molecule has 0 heterocycles. The van der Waals surface area contributed by atoms with Crippen molar-refractivity contribution in [2.45, 2.75) is 11.8 Å². The third-order valence-electron chi connectivity index (χ3n) is 2.09. The van der Waals surface area contributed by atoms with Gasteiger partial charge >= 0.3 is 0 Å². The maximum atomic E-state index is 11.6. The van der Waals surface area contributed by atoms with E-state index in [4.69, 9.17) is 16.6 Å². The van der Waals surface area contributed by atoms with Crippen LogP contribution in [0.5, 0.6) is 0 Å². The average Bonchev–Trinajstić information content (AvgIpc) is 2.11. The molecule has 0 aliphatic heterocycles. The maximum Gasteiger partial charge on any atom is 0.182 e. The Kier molecular flexibility index (Phi) is 3.21. The highest BCUT2D eigenvalue weighted by atomic mass is 32.2. The maximum absolute atomic E-state index is 11.6. The molecule has 0 fully saturated rings. The Bertz CT molecular complexity index is 468. The van der Waals surface area contributed by atoms with Crippen LogP contribution in [0.1, 0.15) is 5.56 Å². The van der Waals surface area contributed by atoms with Gasteiger partial charge in [-0.15, -0.1) is 0 Å². The molecule has 0 saturated heterocycles. The van der Waals surface area contributed by atoms with Gasteiger partial charge < -0.3 is 16.6 Å². The van der Waals surface area contributed by atoms with Crippen LogP contribution in [0, 0.1) is 6.92 Å². The molecule has 1 rings (SSSR count). The Labute approximate surface area is 88.6 Å². The molecule has 6 heteroatoms. The fraction of sp³-hybridized carbons (Fsp3) is 0.333. The van der Waals surface area contributed by atoms with Gasteiger partial charge in [-0.2, -0.15) is 0 Å². The minimum atomic E-state index is -3.51. The molecule has 1 aromatic carbocycles. The molecule has 0 spiro atoms. The first kappa shape index (κ1) is 11.8. The summed E-state index contributed by atoms with van der Waals surface area (Å²) in [6, 6.07) is 2.84. The SMILES string of the molecule is Cc1cc(S(=O)(=O)CCO)c(N)cc1N. The standard InChI is InChI=1S/C9H14N2O3S/c1-6-4-9(8(11)5-7(6)10)15(13,14)3-2-12/h4-5,12H,2-3,10-11H2,1H3. The summed E-state index contributed by atoms with van der Waals surface area (Å²) in [7, 11) is -3.51. The van der Waals surface area contributed by atoms with E-state index in [1.165, 1.54) is 12.1 Å². The first-order valence-electron chi connectivity index (χ1n) is 4.37.